The number of thioether (sulfide) groups is 1. The number of hydrogen-bond acceptors (Lipinski definition) is 5. The maximum atomic E-state index is 13.1. The normalized spacial score (nSPS) is 20.2. The molecule has 2 aromatic rings. The number of amides is 1. The van der Waals surface area contributed by atoms with Gasteiger partial charge in [0, 0.05) is 49.3 Å². The number of carbonyl (C=O) groups excluding carboxylic acids is 1. The lowest BCUT2D eigenvalue weighted by atomic mass is 9.72. The number of nitrogens with zero attached hydrogens (tertiary/aromatic N) is 3. The standard InChI is InChI=1S/C27H33N3O3S/c1-3-24-22(17-26(31)32)9-8-21-16-23(10-11-25(21)24)29(2)27(33)20-6-4-19(5-7-20)18-28-30-12-14-34-15-13-30/h4-7,10-11,16,18,22,24H,3,8-9,12-15,17H2,1-2H3,(H,31,32). The summed E-state index contributed by atoms with van der Waals surface area (Å²) in [5.41, 5.74) is 4.95. The van der Waals surface area contributed by atoms with Crippen LogP contribution in [0.1, 0.15) is 59.2 Å². The Bertz CT molecular complexity index is 1050. The SMILES string of the molecule is CCC1c2ccc(N(C)C(=O)c3ccc(C=NN4CCSCC4)cc3)cc2CCC1CC(=O)O. The average molecular weight is 480 g/mol. The van der Waals surface area contributed by atoms with Crippen LogP contribution in [0.25, 0.3) is 0 Å². The Hall–Kier alpha value is -2.80. The van der Waals surface area contributed by atoms with E-state index in [4.69, 9.17) is 0 Å². The first-order valence-corrected chi connectivity index (χ1v) is 13.2. The molecular formula is C27H33N3O3S. The summed E-state index contributed by atoms with van der Waals surface area (Å²) in [6.45, 7) is 4.07. The van der Waals surface area contributed by atoms with Gasteiger partial charge >= 0.3 is 5.97 Å². The molecule has 0 aromatic heterocycles. The molecule has 7 heteroatoms. The molecule has 1 aliphatic carbocycles. The Labute approximate surface area is 206 Å². The molecule has 1 N–H and O–H groups in total. The van der Waals surface area contributed by atoms with Crippen LogP contribution in [0.2, 0.25) is 0 Å². The number of carboxylic acids is 1. The molecular weight excluding hydrogens is 446 g/mol. The predicted molar refractivity (Wildman–Crippen MR) is 139 cm³/mol. The molecule has 0 spiro atoms. The molecule has 0 radical (unpaired) electrons. The summed E-state index contributed by atoms with van der Waals surface area (Å²) in [4.78, 5) is 26.1. The first-order chi connectivity index (χ1) is 16.5. The van der Waals surface area contributed by atoms with Gasteiger partial charge in [-0.15, -0.1) is 0 Å². The predicted octanol–water partition coefficient (Wildman–Crippen LogP) is 4.88. The molecule has 2 atom stereocenters. The van der Waals surface area contributed by atoms with Crippen molar-refractivity contribution >= 4 is 35.5 Å². The van der Waals surface area contributed by atoms with Crippen molar-refractivity contribution in [1.29, 1.82) is 0 Å². The van der Waals surface area contributed by atoms with E-state index in [-0.39, 0.29) is 24.2 Å². The monoisotopic (exact) mass is 479 g/mol. The summed E-state index contributed by atoms with van der Waals surface area (Å²) in [6, 6.07) is 13.8. The highest BCUT2D eigenvalue weighted by Crippen LogP contribution is 2.41. The minimum atomic E-state index is -0.725. The van der Waals surface area contributed by atoms with Gasteiger partial charge in [-0.1, -0.05) is 25.1 Å². The molecule has 34 heavy (non-hydrogen) atoms. The molecule has 1 aliphatic heterocycles. The minimum absolute atomic E-state index is 0.0527. The van der Waals surface area contributed by atoms with Gasteiger partial charge in [0.15, 0.2) is 0 Å². The van der Waals surface area contributed by atoms with Crippen molar-refractivity contribution in [2.24, 2.45) is 11.0 Å². The molecule has 180 valence electrons. The number of hydrazone groups is 1. The second-order valence-corrected chi connectivity index (χ2v) is 10.3. The largest absolute Gasteiger partial charge is 0.481 e. The van der Waals surface area contributed by atoms with Crippen LogP contribution >= 0.6 is 11.8 Å². The van der Waals surface area contributed by atoms with Crippen LogP contribution in [0, 0.1) is 5.92 Å². The van der Waals surface area contributed by atoms with Gasteiger partial charge in [0.2, 0.25) is 0 Å². The van der Waals surface area contributed by atoms with E-state index in [0.29, 0.717) is 5.56 Å². The van der Waals surface area contributed by atoms with E-state index in [9.17, 15) is 14.7 Å². The Morgan fingerprint density at radius 3 is 2.59 bits per heavy atom. The van der Waals surface area contributed by atoms with E-state index in [1.165, 1.54) is 11.1 Å². The van der Waals surface area contributed by atoms with Gasteiger partial charge < -0.3 is 10.0 Å². The highest BCUT2D eigenvalue weighted by atomic mass is 32.2. The summed E-state index contributed by atoms with van der Waals surface area (Å²) in [5.74, 6) is 1.88. The van der Waals surface area contributed by atoms with E-state index < -0.39 is 5.97 Å². The summed E-state index contributed by atoms with van der Waals surface area (Å²) in [5, 5.41) is 15.9. The minimum Gasteiger partial charge on any atom is -0.481 e. The van der Waals surface area contributed by atoms with Gasteiger partial charge in [-0.3, -0.25) is 14.6 Å². The van der Waals surface area contributed by atoms with Gasteiger partial charge in [0.05, 0.1) is 6.21 Å². The van der Waals surface area contributed by atoms with Crippen LogP contribution in [0.3, 0.4) is 0 Å². The maximum absolute atomic E-state index is 13.1. The van der Waals surface area contributed by atoms with E-state index in [0.717, 1.165) is 55.1 Å². The molecule has 2 aromatic carbocycles. The van der Waals surface area contributed by atoms with Gasteiger partial charge in [0.25, 0.3) is 5.91 Å². The van der Waals surface area contributed by atoms with E-state index in [1.807, 2.05) is 48.3 Å². The molecule has 2 unspecified atom stereocenters. The Balaban J connectivity index is 1.44. The number of fused-ring (bicyclic) bond motifs is 1. The van der Waals surface area contributed by atoms with E-state index >= 15 is 0 Å². The number of carboxylic acid groups (broad SMARTS) is 1. The molecule has 6 nitrogen and oxygen atoms in total. The van der Waals surface area contributed by atoms with Crippen molar-refractivity contribution in [3.05, 3.63) is 64.7 Å². The van der Waals surface area contributed by atoms with Crippen LogP contribution in [-0.4, -0.2) is 59.8 Å². The van der Waals surface area contributed by atoms with E-state index in [1.54, 1.807) is 11.9 Å². The van der Waals surface area contributed by atoms with Gasteiger partial charge in [0.1, 0.15) is 0 Å². The average Bonchev–Trinajstić information content (AvgIpc) is 2.87. The summed E-state index contributed by atoms with van der Waals surface area (Å²) in [7, 11) is 1.81. The van der Waals surface area contributed by atoms with Crippen molar-refractivity contribution < 1.29 is 14.7 Å². The third-order valence-electron chi connectivity index (χ3n) is 6.96. The maximum Gasteiger partial charge on any atom is 0.303 e. The fraction of sp³-hybridized carbons (Fsp3) is 0.444. The fourth-order valence-electron chi connectivity index (χ4n) is 5.04. The molecule has 0 bridgehead atoms. The Kier molecular flexibility index (Phi) is 7.93. The van der Waals surface area contributed by atoms with Crippen molar-refractivity contribution in [1.82, 2.24) is 5.01 Å². The zero-order valence-corrected chi connectivity index (χ0v) is 20.8. The summed E-state index contributed by atoms with van der Waals surface area (Å²) < 4.78 is 0. The molecule has 0 saturated carbocycles. The molecule has 1 amide bonds. The second-order valence-electron chi connectivity index (χ2n) is 9.09. The van der Waals surface area contributed by atoms with Crippen LogP contribution in [0.5, 0.6) is 0 Å². The number of rotatable bonds is 7. The van der Waals surface area contributed by atoms with Crippen LogP contribution in [0.4, 0.5) is 5.69 Å². The number of anilines is 1. The quantitative estimate of drug-likeness (QED) is 0.573. The topological polar surface area (TPSA) is 73.2 Å². The number of aliphatic carboxylic acids is 1. The number of carbonyl (C=O) groups is 2. The second kappa shape index (κ2) is 11.1. The molecule has 1 heterocycles. The fourth-order valence-corrected chi connectivity index (χ4v) is 5.92. The molecule has 2 aliphatic rings. The number of hydrogen-bond donors (Lipinski definition) is 1. The van der Waals surface area contributed by atoms with Gasteiger partial charge in [-0.25, -0.2) is 0 Å². The molecule has 1 fully saturated rings. The summed E-state index contributed by atoms with van der Waals surface area (Å²) in [6.07, 6.45) is 4.72. The lowest BCUT2D eigenvalue weighted by Crippen LogP contribution is -2.28. The van der Waals surface area contributed by atoms with Gasteiger partial charge in [-0.05, 0) is 72.1 Å². The van der Waals surface area contributed by atoms with Crippen LogP contribution in [-0.2, 0) is 11.2 Å². The van der Waals surface area contributed by atoms with Crippen molar-refractivity contribution in [3.63, 3.8) is 0 Å². The lowest BCUT2D eigenvalue weighted by molar-refractivity contribution is -0.138. The zero-order chi connectivity index (χ0) is 24.1. The zero-order valence-electron chi connectivity index (χ0n) is 19.9. The smallest absolute Gasteiger partial charge is 0.303 e. The molecule has 4 rings (SSSR count). The Morgan fingerprint density at radius 1 is 1.18 bits per heavy atom. The lowest BCUT2D eigenvalue weighted by Gasteiger charge is -2.33. The highest BCUT2D eigenvalue weighted by Gasteiger charge is 2.30. The molecule has 1 saturated heterocycles. The first-order valence-electron chi connectivity index (χ1n) is 12.1. The third kappa shape index (κ3) is 5.63. The number of aryl methyl sites for hydroxylation is 1. The third-order valence-corrected chi connectivity index (χ3v) is 7.91. The summed E-state index contributed by atoms with van der Waals surface area (Å²) >= 11 is 1.96. The van der Waals surface area contributed by atoms with Gasteiger partial charge in [-0.2, -0.15) is 16.9 Å². The first kappa shape index (κ1) is 24.3. The van der Waals surface area contributed by atoms with Crippen LogP contribution in [0.15, 0.2) is 47.6 Å². The van der Waals surface area contributed by atoms with Crippen molar-refractivity contribution in [2.75, 3.05) is 36.5 Å². The highest BCUT2D eigenvalue weighted by molar-refractivity contribution is 7.99. The number of benzene rings is 2. The Morgan fingerprint density at radius 2 is 1.91 bits per heavy atom. The van der Waals surface area contributed by atoms with Crippen LogP contribution < -0.4 is 4.90 Å². The van der Waals surface area contributed by atoms with E-state index in [2.05, 4.69) is 29.2 Å². The van der Waals surface area contributed by atoms with Crippen molar-refractivity contribution in [2.45, 2.75) is 38.5 Å². The van der Waals surface area contributed by atoms with Crippen molar-refractivity contribution in [3.8, 4) is 0 Å².